The van der Waals surface area contributed by atoms with Gasteiger partial charge in [0.05, 0.1) is 11.4 Å². The zero-order valence-corrected chi connectivity index (χ0v) is 16.4. The van der Waals surface area contributed by atoms with E-state index in [1.54, 1.807) is 23.5 Å². The van der Waals surface area contributed by atoms with Crippen molar-refractivity contribution in [2.75, 3.05) is 0 Å². The average Bonchev–Trinajstić information content (AvgIpc) is 2.98. The van der Waals surface area contributed by atoms with E-state index < -0.39 is 0 Å². The van der Waals surface area contributed by atoms with Crippen molar-refractivity contribution in [3.63, 3.8) is 0 Å². The molecule has 0 amide bonds. The van der Waals surface area contributed by atoms with Gasteiger partial charge >= 0.3 is 0 Å². The molecule has 3 aromatic rings. The van der Waals surface area contributed by atoms with Crippen molar-refractivity contribution < 1.29 is 5.11 Å². The van der Waals surface area contributed by atoms with E-state index in [9.17, 15) is 5.11 Å². The highest BCUT2D eigenvalue weighted by Gasteiger charge is 2.09. The summed E-state index contributed by atoms with van der Waals surface area (Å²) >= 11 is 7.58. The van der Waals surface area contributed by atoms with Gasteiger partial charge in [0.1, 0.15) is 5.75 Å². The van der Waals surface area contributed by atoms with Gasteiger partial charge in [0.25, 0.3) is 0 Å². The van der Waals surface area contributed by atoms with Gasteiger partial charge in [0.15, 0.2) is 0 Å². The van der Waals surface area contributed by atoms with Crippen LogP contribution < -0.4 is 4.80 Å². The normalized spacial score (nSPS) is 12.8. The van der Waals surface area contributed by atoms with E-state index in [2.05, 4.69) is 5.38 Å². The van der Waals surface area contributed by atoms with Crippen molar-refractivity contribution in [3.8, 4) is 17.0 Å². The van der Waals surface area contributed by atoms with Crippen LogP contribution in [0.25, 0.3) is 11.3 Å². The number of benzene rings is 2. The minimum atomic E-state index is 0.169. The number of aromatic nitrogens is 1. The maximum absolute atomic E-state index is 9.48. The quantitative estimate of drug-likeness (QED) is 0.620. The second-order valence-corrected chi connectivity index (χ2v) is 7.45. The fourth-order valence-electron chi connectivity index (χ4n) is 2.44. The number of thiazole rings is 1. The van der Waals surface area contributed by atoms with Gasteiger partial charge in [0.2, 0.25) is 4.80 Å². The van der Waals surface area contributed by atoms with Crippen LogP contribution in [0.2, 0.25) is 5.02 Å². The van der Waals surface area contributed by atoms with Crippen LogP contribution >= 0.6 is 22.9 Å². The first-order valence-electron chi connectivity index (χ1n) is 8.29. The molecule has 3 rings (SSSR count). The third-order valence-electron chi connectivity index (χ3n) is 3.73. The van der Waals surface area contributed by atoms with Crippen molar-refractivity contribution in [2.45, 2.75) is 26.8 Å². The van der Waals surface area contributed by atoms with E-state index in [-0.39, 0.29) is 11.8 Å². The summed E-state index contributed by atoms with van der Waals surface area (Å²) in [4.78, 5) is 5.53. The molecule has 1 N–H and O–H groups in total. The van der Waals surface area contributed by atoms with E-state index in [0.717, 1.165) is 27.3 Å². The molecule has 0 aliphatic heterocycles. The topological polar surface area (TPSA) is 49.9 Å². The molecule has 1 heterocycles. The Hall–Kier alpha value is -2.37. The Balaban J connectivity index is 2.14. The van der Waals surface area contributed by atoms with Gasteiger partial charge in [-0.05, 0) is 62.7 Å². The molecular weight excluding hydrogens is 366 g/mol. The molecule has 0 aliphatic rings. The lowest BCUT2D eigenvalue weighted by atomic mass is 10.1. The van der Waals surface area contributed by atoms with Crippen molar-refractivity contribution in [1.29, 1.82) is 0 Å². The standard InChI is InChI=1S/C20H20ClN3OS/c1-13(2)22-20-24(23-14(3)15-6-10-18(25)11-7-15)19(12-26-20)16-4-8-17(21)9-5-16/h4-13,25H,1-3H3. The predicted octanol–water partition coefficient (Wildman–Crippen LogP) is 5.16. The summed E-state index contributed by atoms with van der Waals surface area (Å²) in [5.41, 5.74) is 3.77. The number of nitrogens with zero attached hydrogens (tertiary/aromatic N) is 3. The molecule has 0 saturated carbocycles. The zero-order chi connectivity index (χ0) is 18.7. The maximum atomic E-state index is 9.48. The van der Waals surface area contributed by atoms with Crippen LogP contribution in [0, 0.1) is 0 Å². The summed E-state index contributed by atoms with van der Waals surface area (Å²) < 4.78 is 1.87. The summed E-state index contributed by atoms with van der Waals surface area (Å²) in [7, 11) is 0. The zero-order valence-electron chi connectivity index (χ0n) is 14.8. The summed E-state index contributed by atoms with van der Waals surface area (Å²) in [5.74, 6) is 0.238. The number of phenols is 1. The first kappa shape index (κ1) is 18.4. The fourth-order valence-corrected chi connectivity index (χ4v) is 3.53. The van der Waals surface area contributed by atoms with E-state index in [4.69, 9.17) is 21.7 Å². The average molecular weight is 386 g/mol. The van der Waals surface area contributed by atoms with Gasteiger partial charge in [-0.25, -0.2) is 4.68 Å². The summed E-state index contributed by atoms with van der Waals surface area (Å²) in [5, 5.41) is 17.0. The van der Waals surface area contributed by atoms with Crippen LogP contribution in [-0.2, 0) is 0 Å². The lowest BCUT2D eigenvalue weighted by molar-refractivity contribution is 0.475. The Kier molecular flexibility index (Phi) is 5.59. The Bertz CT molecular complexity index is 983. The van der Waals surface area contributed by atoms with E-state index in [0.29, 0.717) is 5.02 Å². The molecule has 0 saturated heterocycles. The molecule has 26 heavy (non-hydrogen) atoms. The molecule has 1 aromatic heterocycles. The molecule has 0 unspecified atom stereocenters. The van der Waals surface area contributed by atoms with Crippen LogP contribution in [0.4, 0.5) is 0 Å². The molecule has 0 radical (unpaired) electrons. The molecule has 134 valence electrons. The minimum Gasteiger partial charge on any atom is -0.508 e. The lowest BCUT2D eigenvalue weighted by Gasteiger charge is -2.07. The monoisotopic (exact) mass is 385 g/mol. The second kappa shape index (κ2) is 7.89. The van der Waals surface area contributed by atoms with E-state index in [1.807, 2.05) is 61.8 Å². The molecule has 0 bridgehead atoms. The van der Waals surface area contributed by atoms with Crippen LogP contribution in [0.5, 0.6) is 5.75 Å². The Morgan fingerprint density at radius 3 is 2.35 bits per heavy atom. The van der Waals surface area contributed by atoms with Gasteiger partial charge in [-0.15, -0.1) is 11.3 Å². The molecular formula is C20H20ClN3OS. The summed E-state index contributed by atoms with van der Waals surface area (Å²) in [6.45, 7) is 6.03. The number of halogens is 1. The first-order valence-corrected chi connectivity index (χ1v) is 9.55. The summed E-state index contributed by atoms with van der Waals surface area (Å²) in [6.07, 6.45) is 0. The third kappa shape index (κ3) is 4.23. The number of hydrogen-bond acceptors (Lipinski definition) is 4. The second-order valence-electron chi connectivity index (χ2n) is 6.18. The number of aromatic hydroxyl groups is 1. The van der Waals surface area contributed by atoms with Gasteiger partial charge < -0.3 is 5.11 Å². The fraction of sp³-hybridized carbons (Fsp3) is 0.200. The SMILES string of the molecule is CC(=Nn1c(-c2ccc(Cl)cc2)csc1=NC(C)C)c1ccc(O)cc1. The van der Waals surface area contributed by atoms with Crippen LogP contribution in [0.15, 0.2) is 64.0 Å². The molecule has 0 atom stereocenters. The van der Waals surface area contributed by atoms with Crippen molar-refractivity contribution in [2.24, 2.45) is 10.1 Å². The van der Waals surface area contributed by atoms with E-state index in [1.165, 1.54) is 0 Å². The highest BCUT2D eigenvalue weighted by Crippen LogP contribution is 2.23. The first-order chi connectivity index (χ1) is 12.4. The predicted molar refractivity (Wildman–Crippen MR) is 109 cm³/mol. The molecule has 0 spiro atoms. The Morgan fingerprint density at radius 1 is 1.08 bits per heavy atom. The number of hydrogen-bond donors (Lipinski definition) is 1. The van der Waals surface area contributed by atoms with Crippen molar-refractivity contribution in [1.82, 2.24) is 4.68 Å². The number of rotatable bonds is 4. The minimum absolute atomic E-state index is 0.169. The molecule has 6 heteroatoms. The lowest BCUT2D eigenvalue weighted by Crippen LogP contribution is -2.16. The largest absolute Gasteiger partial charge is 0.508 e. The molecule has 2 aromatic carbocycles. The van der Waals surface area contributed by atoms with Crippen LogP contribution in [-0.4, -0.2) is 21.5 Å². The van der Waals surface area contributed by atoms with Crippen LogP contribution in [0.3, 0.4) is 0 Å². The van der Waals surface area contributed by atoms with Gasteiger partial charge in [-0.1, -0.05) is 23.7 Å². The molecule has 4 nitrogen and oxygen atoms in total. The third-order valence-corrected chi connectivity index (χ3v) is 4.81. The Morgan fingerprint density at radius 2 is 1.73 bits per heavy atom. The molecule has 0 fully saturated rings. The van der Waals surface area contributed by atoms with Crippen molar-refractivity contribution in [3.05, 3.63) is 69.3 Å². The highest BCUT2D eigenvalue weighted by atomic mass is 35.5. The summed E-state index contributed by atoms with van der Waals surface area (Å²) in [6, 6.07) is 14.9. The number of phenolic OH excluding ortho intramolecular Hbond substituents is 1. The highest BCUT2D eigenvalue weighted by molar-refractivity contribution is 7.07. The van der Waals surface area contributed by atoms with Gasteiger partial charge in [-0.3, -0.25) is 4.99 Å². The maximum Gasteiger partial charge on any atom is 0.206 e. The van der Waals surface area contributed by atoms with Gasteiger partial charge in [-0.2, -0.15) is 5.10 Å². The van der Waals surface area contributed by atoms with Crippen LogP contribution in [0.1, 0.15) is 26.3 Å². The van der Waals surface area contributed by atoms with Gasteiger partial charge in [0, 0.05) is 22.0 Å². The molecule has 0 aliphatic carbocycles. The van der Waals surface area contributed by atoms with E-state index >= 15 is 0 Å². The Labute approximate surface area is 161 Å². The van der Waals surface area contributed by atoms with Crippen molar-refractivity contribution >= 4 is 28.6 Å². The smallest absolute Gasteiger partial charge is 0.206 e.